The molecule has 0 fully saturated rings. The van der Waals surface area contributed by atoms with E-state index in [4.69, 9.17) is 0 Å². The minimum absolute atomic E-state index is 0.0900. The lowest BCUT2D eigenvalue weighted by Gasteiger charge is -2.22. The van der Waals surface area contributed by atoms with Crippen LogP contribution in [0.5, 0.6) is 0 Å². The minimum Gasteiger partial charge on any atom is -0.348 e. The summed E-state index contributed by atoms with van der Waals surface area (Å²) in [5.41, 5.74) is 2.46. The lowest BCUT2D eigenvalue weighted by molar-refractivity contribution is -0.120. The Morgan fingerprint density at radius 1 is 1.00 bits per heavy atom. The van der Waals surface area contributed by atoms with Gasteiger partial charge in [-0.25, -0.2) is 9.97 Å². The van der Waals surface area contributed by atoms with Crippen LogP contribution in [0, 0.1) is 0 Å². The molecule has 0 radical (unpaired) electrons. The van der Waals surface area contributed by atoms with Crippen molar-refractivity contribution in [3.8, 4) is 0 Å². The van der Waals surface area contributed by atoms with Crippen LogP contribution >= 0.6 is 0 Å². The summed E-state index contributed by atoms with van der Waals surface area (Å²) in [4.78, 5) is 43.0. The molecule has 38 heavy (non-hydrogen) atoms. The number of carbonyl (C=O) groups is 2. The molecule has 0 spiro atoms. The van der Waals surface area contributed by atoms with Crippen molar-refractivity contribution in [2.24, 2.45) is 7.05 Å². The average molecular weight is 520 g/mol. The number of aromatic amines is 1. The summed E-state index contributed by atoms with van der Waals surface area (Å²) in [6.45, 7) is 9.41. The molecule has 1 aliphatic rings. The number of nitrogens with zero attached hydrogens (tertiary/aromatic N) is 5. The Labute approximate surface area is 225 Å². The molecule has 1 amide bonds. The van der Waals surface area contributed by atoms with Gasteiger partial charge in [-0.15, -0.1) is 0 Å². The van der Waals surface area contributed by atoms with Crippen LogP contribution in [0.15, 0.2) is 43.0 Å². The first-order valence-corrected chi connectivity index (χ1v) is 13.8. The number of H-pyrrole nitrogens is 1. The number of fused-ring (bicyclic) bond motifs is 1. The highest BCUT2D eigenvalue weighted by Crippen LogP contribution is 2.21. The summed E-state index contributed by atoms with van der Waals surface area (Å²) in [7, 11) is 1.99. The predicted octanol–water partition coefficient (Wildman–Crippen LogP) is 3.47. The third kappa shape index (κ3) is 7.39. The van der Waals surface area contributed by atoms with Crippen molar-refractivity contribution in [2.75, 3.05) is 19.6 Å². The number of Topliss-reactive ketones (excluding diaryl/α,β-unsaturated/α-hetero) is 1. The van der Waals surface area contributed by atoms with Gasteiger partial charge in [0, 0.05) is 50.4 Å². The van der Waals surface area contributed by atoms with E-state index in [0.29, 0.717) is 31.6 Å². The molecule has 9 heteroatoms. The van der Waals surface area contributed by atoms with Gasteiger partial charge in [0.25, 0.3) is 5.91 Å². The number of benzene rings is 1. The van der Waals surface area contributed by atoms with Crippen LogP contribution in [0.1, 0.15) is 72.7 Å². The molecular weight excluding hydrogens is 478 g/mol. The number of aromatic nitrogens is 4. The molecule has 9 nitrogen and oxygen atoms in total. The zero-order valence-corrected chi connectivity index (χ0v) is 22.9. The molecular formula is C29H41N7O2. The number of hydrogen-bond acceptors (Lipinski definition) is 6. The predicted molar refractivity (Wildman–Crippen MR) is 147 cm³/mol. The van der Waals surface area contributed by atoms with Crippen molar-refractivity contribution in [1.82, 2.24) is 34.6 Å². The van der Waals surface area contributed by atoms with Gasteiger partial charge in [0.15, 0.2) is 5.78 Å². The Kier molecular flexibility index (Phi) is 9.84. The van der Waals surface area contributed by atoms with Crippen LogP contribution in [0.2, 0.25) is 0 Å². The normalized spacial score (nSPS) is 15.7. The zero-order chi connectivity index (χ0) is 26.9. The molecule has 0 saturated heterocycles. The maximum absolute atomic E-state index is 13.2. The highest BCUT2D eigenvalue weighted by molar-refractivity contribution is 6.03. The van der Waals surface area contributed by atoms with E-state index in [2.05, 4.69) is 43.9 Å². The first-order chi connectivity index (χ1) is 18.5. The van der Waals surface area contributed by atoms with E-state index >= 15 is 0 Å². The molecule has 2 N–H and O–H groups in total. The second-order valence-electron chi connectivity index (χ2n) is 10.3. The van der Waals surface area contributed by atoms with Crippen molar-refractivity contribution in [3.63, 3.8) is 0 Å². The van der Waals surface area contributed by atoms with Gasteiger partial charge < -0.3 is 19.8 Å². The maximum Gasteiger partial charge on any atom is 0.252 e. The fourth-order valence-electron chi connectivity index (χ4n) is 5.23. The van der Waals surface area contributed by atoms with Crippen molar-refractivity contribution in [1.29, 1.82) is 0 Å². The molecule has 3 heterocycles. The number of imidazole rings is 2. The van der Waals surface area contributed by atoms with E-state index in [-0.39, 0.29) is 18.1 Å². The molecule has 1 aliphatic heterocycles. The van der Waals surface area contributed by atoms with Crippen LogP contribution in [0.25, 0.3) is 0 Å². The van der Waals surface area contributed by atoms with Crippen molar-refractivity contribution in [2.45, 2.75) is 71.6 Å². The third-order valence-corrected chi connectivity index (χ3v) is 7.14. The monoisotopic (exact) mass is 519 g/mol. The first-order valence-electron chi connectivity index (χ1n) is 13.8. The number of rotatable bonds is 14. The number of hydrogen-bond donors (Lipinski definition) is 2. The molecule has 204 valence electrons. The van der Waals surface area contributed by atoms with E-state index in [1.165, 1.54) is 0 Å². The topological polar surface area (TPSA) is 99.2 Å². The lowest BCUT2D eigenvalue weighted by Crippen LogP contribution is -2.40. The van der Waals surface area contributed by atoms with Gasteiger partial charge in [0.2, 0.25) is 0 Å². The van der Waals surface area contributed by atoms with Gasteiger partial charge in [0.05, 0.1) is 19.1 Å². The van der Waals surface area contributed by atoms with Gasteiger partial charge in [0.1, 0.15) is 11.6 Å². The summed E-state index contributed by atoms with van der Waals surface area (Å²) < 4.78 is 2.01. The quantitative estimate of drug-likeness (QED) is 0.338. The van der Waals surface area contributed by atoms with E-state index in [1.807, 2.05) is 42.2 Å². The molecule has 0 bridgehead atoms. The average Bonchev–Trinajstić information content (AvgIpc) is 3.53. The Morgan fingerprint density at radius 3 is 2.50 bits per heavy atom. The molecule has 1 atom stereocenters. The van der Waals surface area contributed by atoms with Crippen LogP contribution in [0.4, 0.5) is 0 Å². The van der Waals surface area contributed by atoms with Crippen LogP contribution in [-0.4, -0.2) is 66.7 Å². The molecule has 1 aromatic carbocycles. The number of amides is 1. The summed E-state index contributed by atoms with van der Waals surface area (Å²) >= 11 is 0. The SMILES string of the molecule is CCCN(CCC)CCCC1NC(=O)c2ccc(CN(Cc3ncc[nH]3)Cc3nccn3C)cc2CC1=O. The zero-order valence-electron chi connectivity index (χ0n) is 22.9. The second kappa shape index (κ2) is 13.5. The Balaban J connectivity index is 1.43. The number of nitrogens with one attached hydrogen (secondary N) is 2. The standard InChI is InChI=1S/C29H41N7O2/c1-4-13-35(14-5-2)15-6-7-25-26(37)18-23-17-22(8-9-24(23)29(38)33-25)19-36(20-27-30-10-11-31-27)21-28-32-12-16-34(28)3/h8-12,16-17,25H,4-7,13-15,18-21H2,1-3H3,(H,30,31)(H,33,38). The molecule has 2 aromatic heterocycles. The maximum atomic E-state index is 13.2. The summed E-state index contributed by atoms with van der Waals surface area (Å²) in [5.74, 6) is 1.78. The van der Waals surface area contributed by atoms with E-state index in [1.54, 1.807) is 12.4 Å². The number of ketones is 1. The molecule has 0 saturated carbocycles. The van der Waals surface area contributed by atoms with Gasteiger partial charge >= 0.3 is 0 Å². The third-order valence-electron chi connectivity index (χ3n) is 7.14. The van der Waals surface area contributed by atoms with Gasteiger partial charge in [-0.1, -0.05) is 26.0 Å². The summed E-state index contributed by atoms with van der Waals surface area (Å²) in [6, 6.07) is 5.45. The van der Waals surface area contributed by atoms with Gasteiger partial charge in [-0.2, -0.15) is 0 Å². The van der Waals surface area contributed by atoms with E-state index in [9.17, 15) is 9.59 Å². The van der Waals surface area contributed by atoms with Gasteiger partial charge in [-0.3, -0.25) is 14.5 Å². The molecule has 4 rings (SSSR count). The Hall–Kier alpha value is -3.30. The fourth-order valence-corrected chi connectivity index (χ4v) is 5.23. The van der Waals surface area contributed by atoms with E-state index in [0.717, 1.165) is 61.7 Å². The first kappa shape index (κ1) is 27.7. The molecule has 1 unspecified atom stereocenters. The largest absolute Gasteiger partial charge is 0.348 e. The minimum atomic E-state index is -0.428. The fraction of sp³-hybridized carbons (Fsp3) is 0.517. The number of aryl methyl sites for hydroxylation is 1. The van der Waals surface area contributed by atoms with Crippen LogP contribution in [-0.2, 0) is 37.9 Å². The van der Waals surface area contributed by atoms with Crippen molar-refractivity contribution >= 4 is 11.7 Å². The highest BCUT2D eigenvalue weighted by atomic mass is 16.2. The summed E-state index contributed by atoms with van der Waals surface area (Å²) in [6.07, 6.45) is 11.4. The van der Waals surface area contributed by atoms with Crippen molar-refractivity contribution < 1.29 is 9.59 Å². The molecule has 0 aliphatic carbocycles. The Morgan fingerprint density at radius 2 is 1.82 bits per heavy atom. The smallest absolute Gasteiger partial charge is 0.252 e. The lowest BCUT2D eigenvalue weighted by atomic mass is 9.97. The number of carbonyl (C=O) groups excluding carboxylic acids is 2. The van der Waals surface area contributed by atoms with Crippen LogP contribution in [0.3, 0.4) is 0 Å². The van der Waals surface area contributed by atoms with Gasteiger partial charge in [-0.05, 0) is 62.5 Å². The molecule has 3 aromatic rings. The van der Waals surface area contributed by atoms with E-state index < -0.39 is 6.04 Å². The second-order valence-corrected chi connectivity index (χ2v) is 10.3. The van der Waals surface area contributed by atoms with Crippen molar-refractivity contribution in [3.05, 3.63) is 71.3 Å². The highest BCUT2D eigenvalue weighted by Gasteiger charge is 2.28. The van der Waals surface area contributed by atoms with Crippen LogP contribution < -0.4 is 5.32 Å². The summed E-state index contributed by atoms with van der Waals surface area (Å²) in [5, 5.41) is 3.01. The Bertz CT molecular complexity index is 1180.